The van der Waals surface area contributed by atoms with E-state index in [9.17, 15) is 0 Å². The zero-order valence-corrected chi connectivity index (χ0v) is 22.4. The smallest absolute Gasteiger partial charge is 0.164 e. The molecule has 0 spiro atoms. The number of rotatable bonds is 3. The van der Waals surface area contributed by atoms with Gasteiger partial charge in [-0.25, -0.2) is 19.9 Å². The maximum atomic E-state index is 4.99. The van der Waals surface area contributed by atoms with Crippen LogP contribution in [0.25, 0.3) is 77.9 Å². The van der Waals surface area contributed by atoms with Crippen LogP contribution in [0.4, 0.5) is 0 Å². The van der Waals surface area contributed by atoms with E-state index in [1.807, 2.05) is 67.0 Å². The second kappa shape index (κ2) is 8.81. The minimum Gasteiger partial charge on any atom is -0.314 e. The molecule has 0 bridgehead atoms. The first kappa shape index (κ1) is 22.9. The molecular formula is C36H22N6. The van der Waals surface area contributed by atoms with Gasteiger partial charge in [-0.05, 0) is 36.4 Å². The van der Waals surface area contributed by atoms with E-state index in [2.05, 4.69) is 75.7 Å². The molecule has 0 aliphatic carbocycles. The van der Waals surface area contributed by atoms with Gasteiger partial charge in [0.25, 0.3) is 0 Å². The zero-order chi connectivity index (χ0) is 27.6. The number of benzene rings is 5. The van der Waals surface area contributed by atoms with Gasteiger partial charge in [-0.3, -0.25) is 4.40 Å². The number of hydrogen-bond donors (Lipinski definition) is 0. The van der Waals surface area contributed by atoms with Crippen LogP contribution in [0, 0.1) is 0 Å². The van der Waals surface area contributed by atoms with Crippen molar-refractivity contribution in [2.75, 3.05) is 0 Å². The average molecular weight is 539 g/mol. The molecule has 0 amide bonds. The Morgan fingerprint density at radius 2 is 1.14 bits per heavy atom. The van der Waals surface area contributed by atoms with Gasteiger partial charge in [0.05, 0.1) is 27.6 Å². The summed E-state index contributed by atoms with van der Waals surface area (Å²) in [6, 6.07) is 41.6. The van der Waals surface area contributed by atoms with E-state index in [1.54, 1.807) is 0 Å². The summed E-state index contributed by atoms with van der Waals surface area (Å²) in [5.41, 5.74) is 8.20. The van der Waals surface area contributed by atoms with Gasteiger partial charge in [0, 0.05) is 39.0 Å². The minimum atomic E-state index is 0.631. The summed E-state index contributed by atoms with van der Waals surface area (Å²) in [4.78, 5) is 19.6. The zero-order valence-electron chi connectivity index (χ0n) is 22.4. The summed E-state index contributed by atoms with van der Waals surface area (Å²) < 4.78 is 4.48. The molecule has 196 valence electrons. The predicted octanol–water partition coefficient (Wildman–Crippen LogP) is 8.23. The van der Waals surface area contributed by atoms with Gasteiger partial charge in [0.1, 0.15) is 6.33 Å². The summed E-state index contributed by atoms with van der Waals surface area (Å²) in [7, 11) is 0. The van der Waals surface area contributed by atoms with E-state index >= 15 is 0 Å². The maximum absolute atomic E-state index is 4.99. The standard InChI is InChI=1S/C36H22N6/c1-3-9-24(10-4-1)34-38-35(25-11-5-2-6-12-25)40-36(39-34)26-17-18-30-28(21-26)27-14-7-13-23-19-20-41(32(23)27)31-16-8-15-29-33(31)42(30)22-37-29/h1-22H. The van der Waals surface area contributed by atoms with Crippen LogP contribution in [0.3, 0.4) is 0 Å². The Morgan fingerprint density at radius 1 is 0.452 bits per heavy atom. The van der Waals surface area contributed by atoms with Crippen LogP contribution < -0.4 is 0 Å². The fourth-order valence-corrected chi connectivity index (χ4v) is 6.08. The van der Waals surface area contributed by atoms with Crippen molar-refractivity contribution in [1.82, 2.24) is 28.7 Å². The number of hydrogen-bond acceptors (Lipinski definition) is 4. The Bertz CT molecular complexity index is 2400. The molecule has 6 nitrogen and oxygen atoms in total. The van der Waals surface area contributed by atoms with Gasteiger partial charge in [-0.2, -0.15) is 0 Å². The number of imidazole rings is 1. The van der Waals surface area contributed by atoms with Gasteiger partial charge in [0.15, 0.2) is 17.5 Å². The normalized spacial score (nSPS) is 11.8. The van der Waals surface area contributed by atoms with Crippen molar-refractivity contribution in [3.63, 3.8) is 0 Å². The van der Waals surface area contributed by atoms with E-state index in [0.717, 1.165) is 49.5 Å². The Hall–Kier alpha value is -5.88. The first-order chi connectivity index (χ1) is 20.8. The van der Waals surface area contributed by atoms with Crippen molar-refractivity contribution in [3.8, 4) is 34.2 Å². The summed E-state index contributed by atoms with van der Waals surface area (Å²) in [6.45, 7) is 0. The third-order valence-electron chi connectivity index (χ3n) is 8.02. The highest BCUT2D eigenvalue weighted by molar-refractivity contribution is 6.13. The summed E-state index contributed by atoms with van der Waals surface area (Å²) >= 11 is 0. The molecule has 9 aromatic rings. The number of fused-ring (bicyclic) bond motifs is 4. The summed E-state index contributed by atoms with van der Waals surface area (Å²) in [6.07, 6.45) is 4.07. The van der Waals surface area contributed by atoms with E-state index in [1.165, 1.54) is 10.9 Å². The minimum absolute atomic E-state index is 0.631. The van der Waals surface area contributed by atoms with Gasteiger partial charge in [-0.15, -0.1) is 0 Å². The van der Waals surface area contributed by atoms with Crippen LogP contribution in [0.2, 0.25) is 0 Å². The molecule has 0 atom stereocenters. The van der Waals surface area contributed by atoms with Crippen LogP contribution in [-0.2, 0) is 0 Å². The van der Waals surface area contributed by atoms with Gasteiger partial charge >= 0.3 is 0 Å². The molecule has 9 rings (SSSR count). The molecule has 0 unspecified atom stereocenters. The largest absolute Gasteiger partial charge is 0.314 e. The van der Waals surface area contributed by atoms with Crippen molar-refractivity contribution in [2.24, 2.45) is 0 Å². The van der Waals surface area contributed by atoms with Crippen LogP contribution in [0.5, 0.6) is 0 Å². The molecule has 42 heavy (non-hydrogen) atoms. The Morgan fingerprint density at radius 3 is 1.88 bits per heavy atom. The molecule has 0 fully saturated rings. The van der Waals surface area contributed by atoms with Gasteiger partial charge < -0.3 is 4.40 Å². The third kappa shape index (κ3) is 3.39. The second-order valence-electron chi connectivity index (χ2n) is 10.5. The van der Waals surface area contributed by atoms with Crippen molar-refractivity contribution < 1.29 is 0 Å². The lowest BCUT2D eigenvalue weighted by Crippen LogP contribution is -2.00. The van der Waals surface area contributed by atoms with Crippen LogP contribution >= 0.6 is 0 Å². The van der Waals surface area contributed by atoms with Crippen molar-refractivity contribution in [1.29, 1.82) is 0 Å². The lowest BCUT2D eigenvalue weighted by Gasteiger charge is -2.11. The number of nitrogens with zero attached hydrogens (tertiary/aromatic N) is 6. The Balaban J connectivity index is 1.39. The van der Waals surface area contributed by atoms with Crippen molar-refractivity contribution >= 4 is 43.7 Å². The Kier molecular flexibility index (Phi) is 4.80. The maximum Gasteiger partial charge on any atom is 0.164 e. The quantitative estimate of drug-likeness (QED) is 0.227. The van der Waals surface area contributed by atoms with E-state index in [0.29, 0.717) is 17.5 Å². The highest BCUT2D eigenvalue weighted by Crippen LogP contribution is 2.34. The topological polar surface area (TPSA) is 60.4 Å². The highest BCUT2D eigenvalue weighted by atomic mass is 15.0. The molecule has 0 N–H and O–H groups in total. The van der Waals surface area contributed by atoms with Crippen LogP contribution in [-0.4, -0.2) is 28.7 Å². The first-order valence-electron chi connectivity index (χ1n) is 13.9. The van der Waals surface area contributed by atoms with Crippen molar-refractivity contribution in [2.45, 2.75) is 0 Å². The average Bonchev–Trinajstić information content (AvgIpc) is 3.69. The lowest BCUT2D eigenvalue weighted by atomic mass is 10.0. The highest BCUT2D eigenvalue weighted by Gasteiger charge is 2.16. The molecule has 0 radical (unpaired) electrons. The molecule has 5 aromatic carbocycles. The number of para-hydroxylation sites is 2. The lowest BCUT2D eigenvalue weighted by molar-refractivity contribution is 1.07. The monoisotopic (exact) mass is 538 g/mol. The molecule has 6 heteroatoms. The molecule has 0 aliphatic rings. The fourth-order valence-electron chi connectivity index (χ4n) is 6.08. The molecule has 0 saturated carbocycles. The Labute approximate surface area is 240 Å². The molecule has 0 aliphatic heterocycles. The first-order valence-corrected chi connectivity index (χ1v) is 13.9. The van der Waals surface area contributed by atoms with Crippen LogP contribution in [0.1, 0.15) is 0 Å². The second-order valence-corrected chi connectivity index (χ2v) is 10.5. The summed E-state index contributed by atoms with van der Waals surface area (Å²) in [5.74, 6) is 1.92. The fraction of sp³-hybridized carbons (Fsp3) is 0. The van der Waals surface area contributed by atoms with E-state index in [4.69, 9.17) is 19.9 Å². The summed E-state index contributed by atoms with van der Waals surface area (Å²) in [5, 5.41) is 3.42. The number of aromatic nitrogens is 6. The van der Waals surface area contributed by atoms with E-state index in [-0.39, 0.29) is 0 Å². The van der Waals surface area contributed by atoms with E-state index < -0.39 is 0 Å². The molecule has 0 saturated heterocycles. The third-order valence-corrected chi connectivity index (χ3v) is 8.02. The van der Waals surface area contributed by atoms with Gasteiger partial charge in [-0.1, -0.05) is 84.9 Å². The van der Waals surface area contributed by atoms with Crippen LogP contribution in [0.15, 0.2) is 134 Å². The predicted molar refractivity (Wildman–Crippen MR) is 168 cm³/mol. The molecular weight excluding hydrogens is 516 g/mol. The SMILES string of the molecule is c1ccc(-c2nc(-c3ccccc3)nc(-c3ccc4c(c3)c3cccc5ccn(c6cccc7ncn4c76)c53)n2)cc1. The molecule has 4 heterocycles. The molecule has 4 aromatic heterocycles. The van der Waals surface area contributed by atoms with Crippen molar-refractivity contribution in [3.05, 3.63) is 134 Å². The van der Waals surface area contributed by atoms with Gasteiger partial charge in [0.2, 0.25) is 0 Å².